The maximum absolute atomic E-state index is 13.2. The summed E-state index contributed by atoms with van der Waals surface area (Å²) in [6, 6.07) is 0. The number of hydrogen-bond acceptors (Lipinski definition) is 2. The molecule has 0 amide bonds. The highest BCUT2D eigenvalue weighted by Crippen LogP contribution is 2.47. The fourth-order valence-corrected chi connectivity index (χ4v) is 2.13. The van der Waals surface area contributed by atoms with Crippen molar-refractivity contribution in [2.75, 3.05) is 37.8 Å². The van der Waals surface area contributed by atoms with Crippen molar-refractivity contribution in [1.29, 1.82) is 0 Å². The first kappa shape index (κ1) is 4.17. The van der Waals surface area contributed by atoms with Crippen LogP contribution in [0.15, 0.2) is 0 Å². The average molecular weight is 272 g/mol. The number of alkyl halides is 2. The van der Waals surface area contributed by atoms with E-state index >= 15 is 0 Å². The molecule has 14 heavy (non-hydrogen) atoms. The van der Waals surface area contributed by atoms with E-state index in [9.17, 15) is 4.57 Å². The van der Waals surface area contributed by atoms with Gasteiger partial charge in [0, 0.05) is 42.2 Å². The zero-order valence-electron chi connectivity index (χ0n) is 17.8. The predicted octanol–water partition coefficient (Wildman–Crippen LogP) is 1.88. The SMILES string of the molecule is [2H]N1C([2H])([2H])CC([2H])([2H])OP1(=O)N(C([2H])([2H])CCl)C([2H])([2H])C([2H])([2H])Cl. The molecule has 1 aliphatic heterocycles. The summed E-state index contributed by atoms with van der Waals surface area (Å²) in [4.78, 5) is 0. The molecule has 84 valence electrons. The van der Waals surface area contributed by atoms with E-state index in [1.165, 1.54) is 0 Å². The Bertz CT molecular complexity index is 571. The Hall–Kier alpha value is 0.690. The van der Waals surface area contributed by atoms with Gasteiger partial charge in [-0.3, -0.25) is 4.57 Å². The molecule has 0 aliphatic carbocycles. The minimum atomic E-state index is -5.49. The average Bonchev–Trinajstić information content (AvgIpc) is 2.32. The zero-order valence-corrected chi connectivity index (χ0v) is 9.23. The van der Waals surface area contributed by atoms with E-state index in [-0.39, 0.29) is 0 Å². The van der Waals surface area contributed by atoms with Crippen LogP contribution in [-0.2, 0) is 9.09 Å². The molecule has 0 radical (unpaired) electrons. The fraction of sp³-hybridized carbons (Fsp3) is 1.00. The van der Waals surface area contributed by atoms with Gasteiger partial charge in [0.1, 0.15) is 1.41 Å². The maximum atomic E-state index is 13.2. The number of rotatable bonds is 5. The van der Waals surface area contributed by atoms with E-state index in [0.717, 1.165) is 0 Å². The second-order valence-corrected chi connectivity index (χ2v) is 4.19. The standard InChI is InChI=1S/C7H15Cl2N2O2P/c8-2-5-11(6-3-9)14(12)10-4-1-7-13-14/h1-7H2,(H,10,12)/i2D2,4D2,5D2,6D2,7D2/hD. The van der Waals surface area contributed by atoms with Gasteiger partial charge in [0.2, 0.25) is 0 Å². The molecule has 0 aromatic carbocycles. The second kappa shape index (κ2) is 6.31. The lowest BCUT2D eigenvalue weighted by Crippen LogP contribution is -2.35. The molecule has 0 bridgehead atoms. The van der Waals surface area contributed by atoms with E-state index in [2.05, 4.69) is 4.52 Å². The summed E-state index contributed by atoms with van der Waals surface area (Å²) >= 11 is 10.7. The molecule has 1 rings (SSSR count). The number of halogens is 2. The van der Waals surface area contributed by atoms with E-state index in [4.69, 9.17) is 38.3 Å². The molecule has 0 saturated carbocycles. The number of hydrogen-bond donors (Lipinski definition) is 1. The van der Waals surface area contributed by atoms with E-state index in [1.54, 1.807) is 0 Å². The van der Waals surface area contributed by atoms with Crippen molar-refractivity contribution in [2.24, 2.45) is 0 Å². The third kappa shape index (κ3) is 3.37. The Morgan fingerprint density at radius 3 is 3.14 bits per heavy atom. The van der Waals surface area contributed by atoms with E-state index < -0.39 is 61.6 Å². The summed E-state index contributed by atoms with van der Waals surface area (Å²) < 4.78 is 101. The summed E-state index contributed by atoms with van der Waals surface area (Å²) in [6.45, 7) is -12.7. The summed E-state index contributed by atoms with van der Waals surface area (Å²) in [5.41, 5.74) is 0. The van der Waals surface area contributed by atoms with Crippen molar-refractivity contribution in [3.05, 3.63) is 0 Å². The van der Waals surface area contributed by atoms with Crippen molar-refractivity contribution in [3.63, 3.8) is 0 Å². The molecule has 1 saturated heterocycles. The lowest BCUT2D eigenvalue weighted by Gasteiger charge is -2.33. The molecule has 0 spiro atoms. The van der Waals surface area contributed by atoms with Crippen molar-refractivity contribution < 1.29 is 24.2 Å². The smallest absolute Gasteiger partial charge is 0.306 e. The fourth-order valence-electron chi connectivity index (χ4n) is 0.668. The van der Waals surface area contributed by atoms with Gasteiger partial charge < -0.3 is 4.52 Å². The van der Waals surface area contributed by atoms with Crippen LogP contribution in [0.3, 0.4) is 0 Å². The Labute approximate surface area is 110 Å². The second-order valence-electron chi connectivity index (χ2n) is 1.97. The van der Waals surface area contributed by atoms with Gasteiger partial charge >= 0.3 is 7.67 Å². The Morgan fingerprint density at radius 1 is 1.71 bits per heavy atom. The highest BCUT2D eigenvalue weighted by molar-refractivity contribution is 7.54. The highest BCUT2D eigenvalue weighted by Gasteiger charge is 2.32. The molecular weight excluding hydrogens is 246 g/mol. The first-order valence-corrected chi connectivity index (χ1v) is 5.85. The Kier molecular flexibility index (Phi) is 1.88. The molecule has 1 aliphatic rings. The third-order valence-electron chi connectivity index (χ3n) is 1.14. The van der Waals surface area contributed by atoms with E-state index in [0.29, 0.717) is 0 Å². The van der Waals surface area contributed by atoms with Crippen LogP contribution in [0, 0.1) is 0 Å². The quantitative estimate of drug-likeness (QED) is 0.613. The van der Waals surface area contributed by atoms with Gasteiger partial charge in [-0.1, -0.05) is 0 Å². The molecule has 0 aromatic rings. The molecule has 4 nitrogen and oxygen atoms in total. The normalized spacial score (nSPS) is 51.5. The molecule has 1 heterocycles. The predicted molar refractivity (Wildman–Crippen MR) is 59.2 cm³/mol. The van der Waals surface area contributed by atoms with Crippen LogP contribution in [-0.4, -0.2) is 42.4 Å². The Morgan fingerprint density at radius 2 is 2.50 bits per heavy atom. The van der Waals surface area contributed by atoms with Gasteiger partial charge in [0.25, 0.3) is 0 Å². The van der Waals surface area contributed by atoms with Crippen LogP contribution in [0.4, 0.5) is 0 Å². The van der Waals surface area contributed by atoms with Crippen molar-refractivity contribution >= 4 is 30.9 Å². The topological polar surface area (TPSA) is 41.6 Å². The van der Waals surface area contributed by atoms with Crippen LogP contribution in [0.1, 0.15) is 20.1 Å². The third-order valence-corrected chi connectivity index (χ3v) is 2.85. The largest absolute Gasteiger partial charge is 0.343 e. The van der Waals surface area contributed by atoms with E-state index in [1.807, 2.05) is 0 Å². The zero-order chi connectivity index (χ0) is 20.3. The minimum Gasteiger partial charge on any atom is -0.306 e. The van der Waals surface area contributed by atoms with Gasteiger partial charge in [0.05, 0.1) is 9.30 Å². The van der Waals surface area contributed by atoms with Gasteiger partial charge in [-0.05, 0) is 6.42 Å². The van der Waals surface area contributed by atoms with Gasteiger partial charge in [-0.25, -0.2) is 9.75 Å². The van der Waals surface area contributed by atoms with Crippen molar-refractivity contribution in [3.8, 4) is 0 Å². The monoisotopic (exact) mass is 271 g/mol. The lowest BCUT2D eigenvalue weighted by molar-refractivity contribution is 0.233. The Balaban J connectivity index is 3.72. The van der Waals surface area contributed by atoms with Crippen LogP contribution >= 0.6 is 30.9 Å². The van der Waals surface area contributed by atoms with Crippen LogP contribution in [0.5, 0.6) is 0 Å². The first-order chi connectivity index (χ1) is 10.7. The number of nitrogens with one attached hydrogen (secondary N) is 1. The van der Waals surface area contributed by atoms with Crippen molar-refractivity contribution in [2.45, 2.75) is 6.42 Å². The van der Waals surface area contributed by atoms with Gasteiger partial charge in [-0.2, -0.15) is 0 Å². The van der Waals surface area contributed by atoms with Crippen LogP contribution in [0.25, 0.3) is 0 Å². The van der Waals surface area contributed by atoms with Crippen molar-refractivity contribution in [1.82, 2.24) is 9.75 Å². The molecule has 1 fully saturated rings. The molecule has 7 heteroatoms. The summed E-state index contributed by atoms with van der Waals surface area (Å²) in [7, 11) is -5.49. The molecule has 1 N–H and O–H groups in total. The molecule has 0 aromatic heterocycles. The molecular formula is C7H15Cl2N2O2P. The minimum absolute atomic E-state index is 0.411. The first-order valence-electron chi connectivity index (χ1n) is 8.85. The summed E-state index contributed by atoms with van der Waals surface area (Å²) in [5, 5.41) is -0.411. The highest BCUT2D eigenvalue weighted by atomic mass is 35.5. The molecule has 1 atom stereocenters. The number of nitrogens with zero attached hydrogens (tertiary/aromatic N) is 1. The summed E-state index contributed by atoms with van der Waals surface area (Å²) in [5.74, 6) is -4.47. The van der Waals surface area contributed by atoms with Crippen LogP contribution < -0.4 is 5.08 Å². The van der Waals surface area contributed by atoms with Crippen LogP contribution in [0.2, 0.25) is 1.41 Å². The lowest BCUT2D eigenvalue weighted by atomic mass is 10.5. The van der Waals surface area contributed by atoms with Gasteiger partial charge in [0.15, 0.2) is 0 Å². The maximum Gasteiger partial charge on any atom is 0.343 e. The molecule has 1 unspecified atom stereocenters. The van der Waals surface area contributed by atoms with Gasteiger partial charge in [-0.15, -0.1) is 23.2 Å². The summed E-state index contributed by atoms with van der Waals surface area (Å²) in [6.07, 6.45) is -1.08.